The zero-order valence-corrected chi connectivity index (χ0v) is 20.1. The Balaban J connectivity index is 1.86. The minimum atomic E-state index is -4.34. The van der Waals surface area contributed by atoms with Gasteiger partial charge in [0.1, 0.15) is 12.0 Å². The molecule has 0 aliphatic carbocycles. The summed E-state index contributed by atoms with van der Waals surface area (Å²) < 4.78 is 31.7. The molecule has 0 bridgehead atoms. The lowest BCUT2D eigenvalue weighted by atomic mass is 10.00. The van der Waals surface area contributed by atoms with Gasteiger partial charge in [0, 0.05) is 28.5 Å². The highest BCUT2D eigenvalue weighted by atomic mass is 31.2. The summed E-state index contributed by atoms with van der Waals surface area (Å²) in [7, 11) is -4.34. The standard InChI is InChI=1S/C21H26N5O7P/c1-13-11-26(20(29)23-18(13)27)17-10-15(24-25-22)16(32-17)12-31-34(30,19(28)21(2,3)4)33-14-8-6-5-7-9-14/h5-9,11,15-17H,10,12H2,1-4H3,(H,23,27,29)/t15-,16+,17+,34?/m0/s1. The average Bonchev–Trinajstić information content (AvgIpc) is 3.17. The van der Waals surface area contributed by atoms with Gasteiger partial charge >= 0.3 is 13.3 Å². The highest BCUT2D eigenvalue weighted by Gasteiger charge is 2.46. The smallest absolute Gasteiger partial charge is 0.419 e. The normalized spacial score (nSPS) is 21.9. The molecule has 13 heteroatoms. The predicted molar refractivity (Wildman–Crippen MR) is 123 cm³/mol. The second kappa shape index (κ2) is 9.99. The zero-order chi connectivity index (χ0) is 25.1. The average molecular weight is 491 g/mol. The van der Waals surface area contributed by atoms with E-state index in [0.717, 1.165) is 0 Å². The van der Waals surface area contributed by atoms with Crippen LogP contribution in [0.2, 0.25) is 0 Å². The summed E-state index contributed by atoms with van der Waals surface area (Å²) in [6.07, 6.45) is -0.365. The first-order chi connectivity index (χ1) is 15.9. The molecule has 182 valence electrons. The number of rotatable bonds is 8. The number of carbonyl (C=O) groups is 1. The van der Waals surface area contributed by atoms with Gasteiger partial charge in [-0.1, -0.05) is 44.1 Å². The van der Waals surface area contributed by atoms with E-state index in [1.165, 1.54) is 17.7 Å². The highest BCUT2D eigenvalue weighted by Crippen LogP contribution is 2.54. The first-order valence-corrected chi connectivity index (χ1v) is 12.0. The van der Waals surface area contributed by atoms with Gasteiger partial charge in [0.05, 0.1) is 18.8 Å². The molecule has 1 aromatic heterocycles. The van der Waals surface area contributed by atoms with E-state index in [1.807, 2.05) is 0 Å². The lowest BCUT2D eigenvalue weighted by Gasteiger charge is -2.26. The maximum atomic E-state index is 13.6. The van der Waals surface area contributed by atoms with Crippen molar-refractivity contribution in [1.29, 1.82) is 0 Å². The molecule has 2 aromatic rings. The predicted octanol–water partition coefficient (Wildman–Crippen LogP) is 3.67. The number of H-pyrrole nitrogens is 1. The number of azide groups is 1. The van der Waals surface area contributed by atoms with E-state index < -0.39 is 54.8 Å². The van der Waals surface area contributed by atoms with Crippen LogP contribution in [0.15, 0.2) is 51.2 Å². The molecule has 0 amide bonds. The van der Waals surface area contributed by atoms with Crippen molar-refractivity contribution in [2.45, 2.75) is 52.5 Å². The molecule has 1 N–H and O–H groups in total. The van der Waals surface area contributed by atoms with Crippen LogP contribution >= 0.6 is 7.60 Å². The first kappa shape index (κ1) is 25.5. The Morgan fingerprint density at radius 1 is 1.32 bits per heavy atom. The summed E-state index contributed by atoms with van der Waals surface area (Å²) in [6.45, 7) is 5.91. The van der Waals surface area contributed by atoms with Crippen LogP contribution in [0.25, 0.3) is 10.4 Å². The second-order valence-corrected chi connectivity index (χ2v) is 10.7. The van der Waals surface area contributed by atoms with Crippen LogP contribution in [-0.2, 0) is 18.6 Å². The number of nitrogens with zero attached hydrogens (tertiary/aromatic N) is 4. The lowest BCUT2D eigenvalue weighted by molar-refractivity contribution is -0.120. The van der Waals surface area contributed by atoms with Crippen LogP contribution in [0.5, 0.6) is 5.75 Å². The molecule has 1 fully saturated rings. The van der Waals surface area contributed by atoms with Crippen molar-refractivity contribution >= 4 is 13.1 Å². The van der Waals surface area contributed by atoms with Gasteiger partial charge in [0.2, 0.25) is 0 Å². The van der Waals surface area contributed by atoms with Crippen molar-refractivity contribution in [3.8, 4) is 5.75 Å². The van der Waals surface area contributed by atoms with Gasteiger partial charge in [-0.2, -0.15) is 0 Å². The molecule has 1 aromatic carbocycles. The quantitative estimate of drug-likeness (QED) is 0.254. The molecule has 3 rings (SSSR count). The number of benzene rings is 1. The number of aromatic amines is 1. The van der Waals surface area contributed by atoms with E-state index in [0.29, 0.717) is 5.56 Å². The fraction of sp³-hybridized carbons (Fsp3) is 0.476. The molecule has 1 aliphatic rings. The van der Waals surface area contributed by atoms with Gasteiger partial charge in [-0.05, 0) is 24.6 Å². The van der Waals surface area contributed by atoms with E-state index in [9.17, 15) is 18.9 Å². The molecule has 4 atom stereocenters. The summed E-state index contributed by atoms with van der Waals surface area (Å²) in [5.74, 6) is 0.190. The Hall–Kier alpha value is -3.17. The van der Waals surface area contributed by atoms with E-state index in [1.54, 1.807) is 51.1 Å². The number of hydrogen-bond donors (Lipinski definition) is 1. The van der Waals surface area contributed by atoms with Gasteiger partial charge in [-0.25, -0.2) is 9.36 Å². The summed E-state index contributed by atoms with van der Waals surface area (Å²) in [6, 6.07) is 7.36. The summed E-state index contributed by atoms with van der Waals surface area (Å²) >= 11 is 0. The van der Waals surface area contributed by atoms with E-state index >= 15 is 0 Å². The summed E-state index contributed by atoms with van der Waals surface area (Å²) in [5.41, 5.74) is 6.28. The highest BCUT2D eigenvalue weighted by molar-refractivity contribution is 7.72. The molecule has 12 nitrogen and oxygen atoms in total. The second-order valence-electron chi connectivity index (χ2n) is 8.87. The number of carbonyl (C=O) groups excluding carboxylic acids is 1. The SMILES string of the molecule is Cc1cn([C@H]2C[C@H](N=[N+]=[N-])[C@@H](COP(=O)(Oc3ccccc3)C(=O)C(C)(C)C)O2)c(=O)[nH]c1=O. The minimum absolute atomic E-state index is 0.0978. The minimum Gasteiger partial charge on any atom is -0.419 e. The van der Waals surface area contributed by atoms with Crippen LogP contribution in [0.3, 0.4) is 0 Å². The first-order valence-electron chi connectivity index (χ1n) is 10.5. The Labute approximate surface area is 195 Å². The molecular weight excluding hydrogens is 465 g/mol. The maximum Gasteiger partial charge on any atom is 0.446 e. The molecule has 34 heavy (non-hydrogen) atoms. The number of aromatic nitrogens is 2. The van der Waals surface area contributed by atoms with Gasteiger partial charge in [-0.15, -0.1) is 0 Å². The number of para-hydroxylation sites is 1. The van der Waals surface area contributed by atoms with Gasteiger partial charge in [-0.3, -0.25) is 23.7 Å². The van der Waals surface area contributed by atoms with Gasteiger partial charge < -0.3 is 9.26 Å². The van der Waals surface area contributed by atoms with Crippen molar-refractivity contribution in [3.05, 3.63) is 73.4 Å². The molecule has 1 aliphatic heterocycles. The van der Waals surface area contributed by atoms with Crippen LogP contribution in [-0.4, -0.2) is 33.8 Å². The lowest BCUT2D eigenvalue weighted by Crippen LogP contribution is -2.33. The number of ether oxygens (including phenoxy) is 1. The Morgan fingerprint density at radius 3 is 2.62 bits per heavy atom. The third-order valence-electron chi connectivity index (χ3n) is 5.13. The third kappa shape index (κ3) is 5.66. The van der Waals surface area contributed by atoms with Crippen molar-refractivity contribution < 1.29 is 23.1 Å². The topological polar surface area (TPSA) is 165 Å². The molecule has 0 radical (unpaired) electrons. The van der Waals surface area contributed by atoms with E-state index in [-0.39, 0.29) is 12.2 Å². The number of aryl methyl sites for hydroxylation is 1. The fourth-order valence-corrected chi connectivity index (χ4v) is 5.17. The van der Waals surface area contributed by atoms with Crippen molar-refractivity contribution in [2.24, 2.45) is 10.5 Å². The van der Waals surface area contributed by atoms with Crippen LogP contribution < -0.4 is 15.8 Å². The van der Waals surface area contributed by atoms with Crippen LogP contribution in [0, 0.1) is 12.3 Å². The molecule has 2 heterocycles. The Kier molecular flexibility index (Phi) is 7.48. The van der Waals surface area contributed by atoms with E-state index in [4.69, 9.17) is 19.3 Å². The molecule has 1 unspecified atom stereocenters. The molecule has 0 spiro atoms. The zero-order valence-electron chi connectivity index (χ0n) is 19.2. The molecule has 1 saturated heterocycles. The van der Waals surface area contributed by atoms with Crippen molar-refractivity contribution in [1.82, 2.24) is 9.55 Å². The number of nitrogens with one attached hydrogen (secondary N) is 1. The maximum absolute atomic E-state index is 13.6. The molecular formula is C21H26N5O7P. The third-order valence-corrected chi connectivity index (χ3v) is 7.24. The number of hydrogen-bond acceptors (Lipinski definition) is 8. The largest absolute Gasteiger partial charge is 0.446 e. The van der Waals surface area contributed by atoms with Gasteiger partial charge in [0.25, 0.3) is 11.1 Å². The summed E-state index contributed by atoms with van der Waals surface area (Å²) in [4.78, 5) is 41.9. The fourth-order valence-electron chi connectivity index (χ4n) is 3.35. The monoisotopic (exact) mass is 491 g/mol. The Morgan fingerprint density at radius 2 is 2.00 bits per heavy atom. The molecule has 0 saturated carbocycles. The van der Waals surface area contributed by atoms with Gasteiger partial charge in [0.15, 0.2) is 0 Å². The Bertz CT molecular complexity index is 1260. The summed E-state index contributed by atoms with van der Waals surface area (Å²) in [5, 5.41) is 3.70. The van der Waals surface area contributed by atoms with Crippen LogP contribution in [0.1, 0.15) is 39.0 Å². The van der Waals surface area contributed by atoms with Crippen LogP contribution in [0.4, 0.5) is 0 Å². The van der Waals surface area contributed by atoms with Crippen molar-refractivity contribution in [2.75, 3.05) is 6.61 Å². The van der Waals surface area contributed by atoms with E-state index in [2.05, 4.69) is 15.0 Å². The van der Waals surface area contributed by atoms with Crippen molar-refractivity contribution in [3.63, 3.8) is 0 Å².